The maximum Gasteiger partial charge on any atom is 0.313 e. The lowest BCUT2D eigenvalue weighted by atomic mass is 9.92. The zero-order valence-corrected chi connectivity index (χ0v) is 29.9. The van der Waals surface area contributed by atoms with Gasteiger partial charge >= 0.3 is 5.97 Å². The third-order valence-electron chi connectivity index (χ3n) is 7.16. The molecule has 1 amide bonds. The fourth-order valence-corrected chi connectivity index (χ4v) is 4.90. The number of hydrogen-bond acceptors (Lipinski definition) is 10. The van der Waals surface area contributed by atoms with Crippen LogP contribution >= 0.6 is 9.24 Å². The smallest absolute Gasteiger partial charge is 0.313 e. The molecule has 0 saturated carbocycles. The first-order chi connectivity index (χ1) is 23.5. The van der Waals surface area contributed by atoms with Crippen molar-refractivity contribution in [2.75, 3.05) is 72.5 Å². The van der Waals surface area contributed by atoms with E-state index in [0.717, 1.165) is 25.7 Å². The summed E-state index contributed by atoms with van der Waals surface area (Å²) in [4.78, 5) is 36.9. The molecule has 0 fully saturated rings. The van der Waals surface area contributed by atoms with Crippen molar-refractivity contribution in [2.24, 2.45) is 5.73 Å². The van der Waals surface area contributed by atoms with Crippen molar-refractivity contribution >= 4 is 32.2 Å². The van der Waals surface area contributed by atoms with Crippen molar-refractivity contribution in [1.29, 1.82) is 0 Å². The molecular formula is C33H54F4N3O8P. The van der Waals surface area contributed by atoms with Gasteiger partial charge in [0.15, 0.2) is 17.4 Å². The summed E-state index contributed by atoms with van der Waals surface area (Å²) in [7, 11) is 1.67. The number of unbranched alkanes of at least 4 members (excludes halogenated alkanes) is 3. The standard InChI is InChI=1S/C33H54F4N3O8P/c1-3-16-46-22-33(12-6-5-9-24(2)41,40-25(42)10-14-39-15-21-45-18-8-4-7-17-44-20-13-38)23-47-19-11-26(43)48-31-29(36)27(34)28(35)30(37)32(31)49/h39H,3-23,38,49H2,1-2H3,(H,40,42). The summed E-state index contributed by atoms with van der Waals surface area (Å²) in [5.41, 5.74) is 4.39. The van der Waals surface area contributed by atoms with Gasteiger partial charge in [0.05, 0.1) is 50.3 Å². The molecule has 11 nitrogen and oxygen atoms in total. The summed E-state index contributed by atoms with van der Waals surface area (Å²) in [6.45, 7) is 7.54. The molecule has 282 valence electrons. The van der Waals surface area contributed by atoms with E-state index in [9.17, 15) is 31.9 Å². The highest BCUT2D eigenvalue weighted by molar-refractivity contribution is 7.27. The number of nitrogens with two attached hydrogens (primary N) is 1. The van der Waals surface area contributed by atoms with Gasteiger partial charge in [-0.1, -0.05) is 22.6 Å². The van der Waals surface area contributed by atoms with Crippen LogP contribution in [0.5, 0.6) is 5.75 Å². The molecule has 0 saturated heterocycles. The normalized spacial score (nSPS) is 12.6. The second-order valence-corrected chi connectivity index (χ2v) is 12.2. The van der Waals surface area contributed by atoms with Crippen molar-refractivity contribution in [3.8, 4) is 5.75 Å². The average molecular weight is 728 g/mol. The van der Waals surface area contributed by atoms with Crippen LogP contribution in [0.3, 0.4) is 0 Å². The van der Waals surface area contributed by atoms with E-state index in [1.807, 2.05) is 6.92 Å². The third kappa shape index (κ3) is 19.1. The molecule has 0 heterocycles. The predicted molar refractivity (Wildman–Crippen MR) is 180 cm³/mol. The van der Waals surface area contributed by atoms with Gasteiger partial charge in [0.25, 0.3) is 0 Å². The van der Waals surface area contributed by atoms with Crippen LogP contribution in [-0.2, 0) is 33.3 Å². The summed E-state index contributed by atoms with van der Waals surface area (Å²) in [5.74, 6) is -10.0. The number of hydrogen-bond donors (Lipinski definition) is 3. The van der Waals surface area contributed by atoms with Crippen LogP contribution in [0.4, 0.5) is 17.6 Å². The van der Waals surface area contributed by atoms with E-state index in [4.69, 9.17) is 29.4 Å². The van der Waals surface area contributed by atoms with Gasteiger partial charge in [-0.3, -0.25) is 9.59 Å². The Morgan fingerprint density at radius 3 is 2.04 bits per heavy atom. The molecule has 0 aliphatic carbocycles. The molecular weight excluding hydrogens is 673 g/mol. The lowest BCUT2D eigenvalue weighted by Crippen LogP contribution is -2.55. The van der Waals surface area contributed by atoms with Gasteiger partial charge in [-0.2, -0.15) is 4.39 Å². The molecule has 1 rings (SSSR count). The second kappa shape index (κ2) is 26.5. The number of ketones is 1. The minimum absolute atomic E-state index is 0.0422. The quantitative estimate of drug-likeness (QED) is 0.0204. The van der Waals surface area contributed by atoms with Crippen LogP contribution in [0.15, 0.2) is 0 Å². The van der Waals surface area contributed by atoms with Crippen LogP contribution < -0.4 is 26.4 Å². The number of halogens is 4. The third-order valence-corrected chi connectivity index (χ3v) is 7.68. The van der Waals surface area contributed by atoms with E-state index in [1.165, 1.54) is 6.92 Å². The number of carbonyl (C=O) groups is 3. The Hall–Kier alpha value is -2.26. The number of carbonyl (C=O) groups excluding carboxylic acids is 3. The number of ether oxygens (including phenoxy) is 5. The van der Waals surface area contributed by atoms with Gasteiger partial charge in [0.2, 0.25) is 17.5 Å². The van der Waals surface area contributed by atoms with Gasteiger partial charge in [0, 0.05) is 52.3 Å². The largest absolute Gasteiger partial charge is 0.422 e. The fraction of sp³-hybridized carbons (Fsp3) is 0.727. The number of Topliss-reactive ketones (excluding diaryl/α,β-unsaturated/α-hetero) is 1. The molecule has 0 bridgehead atoms. The topological polar surface area (TPSA) is 147 Å². The molecule has 0 spiro atoms. The minimum atomic E-state index is -2.10. The fourth-order valence-electron chi connectivity index (χ4n) is 4.59. The van der Waals surface area contributed by atoms with Crippen molar-refractivity contribution in [1.82, 2.24) is 10.6 Å². The molecule has 49 heavy (non-hydrogen) atoms. The number of nitrogens with one attached hydrogen (secondary N) is 2. The molecule has 2 atom stereocenters. The van der Waals surface area contributed by atoms with Crippen LogP contribution in [0, 0.1) is 23.3 Å². The Morgan fingerprint density at radius 2 is 1.39 bits per heavy atom. The zero-order chi connectivity index (χ0) is 36.5. The molecule has 0 aromatic heterocycles. The monoisotopic (exact) mass is 727 g/mol. The SMILES string of the molecule is CCCOCC(CCCCC(C)=O)(COCCC(=O)Oc1c(F)c(F)c(F)c(F)c1P)NC(=O)CCNCCOCCCCCOCCN. The van der Waals surface area contributed by atoms with Crippen molar-refractivity contribution in [3.63, 3.8) is 0 Å². The number of benzene rings is 1. The van der Waals surface area contributed by atoms with Gasteiger partial charge in [-0.05, 0) is 45.4 Å². The first-order valence-electron chi connectivity index (χ1n) is 16.8. The van der Waals surface area contributed by atoms with Crippen LogP contribution in [0.2, 0.25) is 0 Å². The van der Waals surface area contributed by atoms with E-state index in [1.54, 1.807) is 9.24 Å². The molecule has 0 radical (unpaired) electrons. The Morgan fingerprint density at radius 1 is 0.735 bits per heavy atom. The Labute approximate surface area is 289 Å². The van der Waals surface area contributed by atoms with E-state index < -0.39 is 52.3 Å². The highest BCUT2D eigenvalue weighted by atomic mass is 31.0. The van der Waals surface area contributed by atoms with E-state index in [-0.39, 0.29) is 37.9 Å². The maximum atomic E-state index is 14.1. The lowest BCUT2D eigenvalue weighted by molar-refractivity contribution is -0.136. The molecule has 1 aromatic rings. The van der Waals surface area contributed by atoms with E-state index in [2.05, 4.69) is 10.6 Å². The molecule has 1 aromatic carbocycles. The van der Waals surface area contributed by atoms with Gasteiger partial charge < -0.3 is 44.8 Å². The van der Waals surface area contributed by atoms with Crippen LogP contribution in [0.25, 0.3) is 0 Å². The highest BCUT2D eigenvalue weighted by Crippen LogP contribution is 2.25. The summed E-state index contributed by atoms with van der Waals surface area (Å²) in [5, 5.41) is 5.44. The molecule has 0 aliphatic rings. The molecule has 0 aliphatic heterocycles. The molecule has 2 unspecified atom stereocenters. The Balaban J connectivity index is 2.67. The summed E-state index contributed by atoms with van der Waals surface area (Å²) < 4.78 is 82.4. The first kappa shape index (κ1) is 44.8. The van der Waals surface area contributed by atoms with Crippen molar-refractivity contribution in [2.45, 2.75) is 83.6 Å². The van der Waals surface area contributed by atoms with Gasteiger partial charge in [-0.25, -0.2) is 13.2 Å². The maximum absolute atomic E-state index is 14.1. The number of rotatable bonds is 30. The van der Waals surface area contributed by atoms with E-state index >= 15 is 0 Å². The Kier molecular flexibility index (Phi) is 24.2. The van der Waals surface area contributed by atoms with E-state index in [0.29, 0.717) is 78.4 Å². The van der Waals surface area contributed by atoms with Gasteiger partial charge in [0.1, 0.15) is 5.78 Å². The molecule has 16 heteroatoms. The lowest BCUT2D eigenvalue weighted by Gasteiger charge is -2.35. The molecule has 4 N–H and O–H groups in total. The average Bonchev–Trinajstić information content (AvgIpc) is 3.07. The Bertz CT molecular complexity index is 1110. The highest BCUT2D eigenvalue weighted by Gasteiger charge is 2.33. The first-order valence-corrected chi connectivity index (χ1v) is 17.4. The van der Waals surface area contributed by atoms with Crippen molar-refractivity contribution < 1.29 is 55.6 Å². The summed E-state index contributed by atoms with van der Waals surface area (Å²) in [6.07, 6.45) is 5.29. The van der Waals surface area contributed by atoms with Crippen molar-refractivity contribution in [3.05, 3.63) is 23.3 Å². The predicted octanol–water partition coefficient (Wildman–Crippen LogP) is 3.63. The van der Waals surface area contributed by atoms with Crippen LogP contribution in [0.1, 0.15) is 78.1 Å². The summed E-state index contributed by atoms with van der Waals surface area (Å²) in [6, 6.07) is 0. The van der Waals surface area contributed by atoms with Crippen LogP contribution in [-0.4, -0.2) is 95.7 Å². The second-order valence-electron chi connectivity index (χ2n) is 11.6. The zero-order valence-electron chi connectivity index (χ0n) is 28.8. The summed E-state index contributed by atoms with van der Waals surface area (Å²) >= 11 is 0. The van der Waals surface area contributed by atoms with Gasteiger partial charge in [-0.15, -0.1) is 0 Å². The number of amides is 1. The number of esters is 1. The minimum Gasteiger partial charge on any atom is -0.422 e.